The zero-order chi connectivity index (χ0) is 37.9. The summed E-state index contributed by atoms with van der Waals surface area (Å²) < 4.78 is 9.26. The molecule has 13 rings (SSSR count). The maximum atomic E-state index is 6.90. The third kappa shape index (κ3) is 4.29. The van der Waals surface area contributed by atoms with Gasteiger partial charge in [0.1, 0.15) is 11.2 Å². The molecule has 58 heavy (non-hydrogen) atoms. The van der Waals surface area contributed by atoms with E-state index in [0.717, 1.165) is 98.6 Å². The Labute approximate surface area is 331 Å². The average Bonchev–Trinajstić information content (AvgIpc) is 3.85. The first-order chi connectivity index (χ1) is 28.8. The smallest absolute Gasteiger partial charge is 0.235 e. The van der Waals surface area contributed by atoms with Crippen LogP contribution in [0.2, 0.25) is 0 Å². The molecule has 0 aliphatic carbocycles. The number of furan rings is 1. The zero-order valence-electron chi connectivity index (χ0n) is 31.1. The fourth-order valence-corrected chi connectivity index (χ4v) is 9.69. The lowest BCUT2D eigenvalue weighted by atomic mass is 9.93. The van der Waals surface area contributed by atoms with Crippen molar-refractivity contribution in [3.05, 3.63) is 188 Å². The van der Waals surface area contributed by atoms with Gasteiger partial charge in [-0.25, -0.2) is 9.97 Å². The zero-order valence-corrected chi connectivity index (χ0v) is 31.1. The molecule has 4 heteroatoms. The fraction of sp³-hybridized carbons (Fsp3) is 0. The van der Waals surface area contributed by atoms with Gasteiger partial charge in [0.05, 0.1) is 22.2 Å². The molecule has 0 unspecified atom stereocenters. The molecule has 3 heterocycles. The number of benzene rings is 10. The van der Waals surface area contributed by atoms with Crippen LogP contribution in [-0.2, 0) is 0 Å². The van der Waals surface area contributed by atoms with Crippen LogP contribution in [-0.4, -0.2) is 14.5 Å². The van der Waals surface area contributed by atoms with E-state index in [1.54, 1.807) is 0 Å². The molecule has 0 N–H and O–H groups in total. The summed E-state index contributed by atoms with van der Waals surface area (Å²) in [6.07, 6.45) is 0. The van der Waals surface area contributed by atoms with Gasteiger partial charge in [-0.3, -0.25) is 4.57 Å². The second kappa shape index (κ2) is 11.8. The first-order valence-electron chi connectivity index (χ1n) is 19.8. The molecule has 0 amide bonds. The van der Waals surface area contributed by atoms with E-state index >= 15 is 0 Å². The summed E-state index contributed by atoms with van der Waals surface area (Å²) >= 11 is 0. The van der Waals surface area contributed by atoms with Crippen molar-refractivity contribution in [2.75, 3.05) is 0 Å². The van der Waals surface area contributed by atoms with Crippen molar-refractivity contribution in [2.45, 2.75) is 0 Å². The minimum absolute atomic E-state index is 0.622. The second-order valence-corrected chi connectivity index (χ2v) is 15.2. The molecule has 0 bridgehead atoms. The van der Waals surface area contributed by atoms with E-state index in [4.69, 9.17) is 14.4 Å². The monoisotopic (exact) mass is 737 g/mol. The summed E-state index contributed by atoms with van der Waals surface area (Å²) in [5, 5.41) is 14.8. The maximum absolute atomic E-state index is 6.90. The molecule has 0 fully saturated rings. The summed E-state index contributed by atoms with van der Waals surface area (Å²) in [5.74, 6) is 0.622. The molecule has 0 atom stereocenters. The highest BCUT2D eigenvalue weighted by atomic mass is 16.3. The van der Waals surface area contributed by atoms with E-state index < -0.39 is 0 Å². The SMILES string of the molecule is c1ccc(-c2nc(-n3c4c(-c5c6ccccc6cc6c5oc5ccccc56)cccc4c4c5ccccc5c5ccccc5c43)nc3c2ccc2ccccc23)cc1. The van der Waals surface area contributed by atoms with E-state index in [-0.39, 0.29) is 0 Å². The topological polar surface area (TPSA) is 43.9 Å². The molecule has 13 aromatic rings. The predicted molar refractivity (Wildman–Crippen MR) is 242 cm³/mol. The van der Waals surface area contributed by atoms with Crippen molar-refractivity contribution < 1.29 is 4.42 Å². The van der Waals surface area contributed by atoms with E-state index in [1.165, 1.54) is 21.5 Å². The lowest BCUT2D eigenvalue weighted by Gasteiger charge is -2.16. The van der Waals surface area contributed by atoms with Gasteiger partial charge in [0.25, 0.3) is 0 Å². The summed E-state index contributed by atoms with van der Waals surface area (Å²) in [5.41, 5.74) is 8.84. The summed E-state index contributed by atoms with van der Waals surface area (Å²) in [4.78, 5) is 11.3. The van der Waals surface area contributed by atoms with Crippen LogP contribution in [0.5, 0.6) is 0 Å². The van der Waals surface area contributed by atoms with Crippen LogP contribution in [0.3, 0.4) is 0 Å². The number of aromatic nitrogens is 3. The maximum Gasteiger partial charge on any atom is 0.235 e. The molecule has 10 aromatic carbocycles. The molecule has 0 aliphatic rings. The van der Waals surface area contributed by atoms with E-state index in [2.05, 4.69) is 187 Å². The van der Waals surface area contributed by atoms with Crippen molar-refractivity contribution >= 4 is 97.7 Å². The van der Waals surface area contributed by atoms with Crippen LogP contribution in [0.15, 0.2) is 192 Å². The van der Waals surface area contributed by atoms with Crippen LogP contribution in [0.4, 0.5) is 0 Å². The standard InChI is InChI=1S/C54H31N3O/c1-2-16-33(17-3-1)49-44-30-29-32-15-4-7-20-36(32)50(44)56-54(55-49)57-51-42(47-40-24-10-8-21-37(40)38-22-9-11-25-41(38)52(47)57)26-14-27-43(51)48-35-19-6-5-18-34(35)31-45-39-23-12-13-28-46(39)58-53(45)48/h1-31H. The Bertz CT molecular complexity index is 3860. The quantitative estimate of drug-likeness (QED) is 0.170. The molecule has 4 nitrogen and oxygen atoms in total. The molecular weight excluding hydrogens is 707 g/mol. The summed E-state index contributed by atoms with van der Waals surface area (Å²) in [7, 11) is 0. The highest BCUT2D eigenvalue weighted by molar-refractivity contribution is 6.34. The van der Waals surface area contributed by atoms with Gasteiger partial charge in [-0.05, 0) is 50.5 Å². The summed E-state index contributed by atoms with van der Waals surface area (Å²) in [6, 6.07) is 67.1. The molecule has 0 saturated carbocycles. The third-order valence-corrected chi connectivity index (χ3v) is 12.1. The Morgan fingerprint density at radius 1 is 0.397 bits per heavy atom. The van der Waals surface area contributed by atoms with Gasteiger partial charge in [-0.2, -0.15) is 0 Å². The minimum atomic E-state index is 0.622. The van der Waals surface area contributed by atoms with Crippen molar-refractivity contribution in [1.29, 1.82) is 0 Å². The largest absolute Gasteiger partial charge is 0.455 e. The molecule has 0 radical (unpaired) electrons. The van der Waals surface area contributed by atoms with Gasteiger partial charge in [-0.15, -0.1) is 0 Å². The Morgan fingerprint density at radius 3 is 1.86 bits per heavy atom. The Kier molecular flexibility index (Phi) is 6.41. The second-order valence-electron chi connectivity index (χ2n) is 15.2. The van der Waals surface area contributed by atoms with Crippen LogP contribution in [0.1, 0.15) is 0 Å². The number of rotatable bonds is 3. The molecule has 268 valence electrons. The Morgan fingerprint density at radius 2 is 1.03 bits per heavy atom. The fourth-order valence-electron chi connectivity index (χ4n) is 9.69. The highest BCUT2D eigenvalue weighted by Gasteiger charge is 2.26. The van der Waals surface area contributed by atoms with Gasteiger partial charge in [0.2, 0.25) is 5.95 Å². The molecule has 3 aromatic heterocycles. The molecule has 0 saturated heterocycles. The van der Waals surface area contributed by atoms with E-state index in [1.807, 2.05) is 6.07 Å². The first kappa shape index (κ1) is 31.4. The Balaban J connectivity index is 1.30. The van der Waals surface area contributed by atoms with Gasteiger partial charge < -0.3 is 4.42 Å². The van der Waals surface area contributed by atoms with Crippen molar-refractivity contribution in [1.82, 2.24) is 14.5 Å². The van der Waals surface area contributed by atoms with Crippen LogP contribution >= 0.6 is 0 Å². The van der Waals surface area contributed by atoms with Crippen LogP contribution in [0, 0.1) is 0 Å². The first-order valence-corrected chi connectivity index (χ1v) is 19.8. The van der Waals surface area contributed by atoms with Gasteiger partial charge in [-0.1, -0.05) is 170 Å². The van der Waals surface area contributed by atoms with Gasteiger partial charge in [0.15, 0.2) is 0 Å². The highest BCUT2D eigenvalue weighted by Crippen LogP contribution is 2.48. The van der Waals surface area contributed by atoms with Crippen molar-refractivity contribution in [3.8, 4) is 28.3 Å². The van der Waals surface area contributed by atoms with Crippen molar-refractivity contribution in [3.63, 3.8) is 0 Å². The lowest BCUT2D eigenvalue weighted by Crippen LogP contribution is -2.05. The van der Waals surface area contributed by atoms with Gasteiger partial charge >= 0.3 is 0 Å². The van der Waals surface area contributed by atoms with E-state index in [0.29, 0.717) is 5.95 Å². The van der Waals surface area contributed by atoms with Crippen LogP contribution < -0.4 is 0 Å². The molecule has 0 aliphatic heterocycles. The number of nitrogens with zero attached hydrogens (tertiary/aromatic N) is 3. The predicted octanol–water partition coefficient (Wildman–Crippen LogP) is 14.6. The number of fused-ring (bicyclic) bond motifs is 15. The number of hydrogen-bond acceptors (Lipinski definition) is 3. The van der Waals surface area contributed by atoms with Crippen LogP contribution in [0.25, 0.3) is 126 Å². The number of hydrogen-bond donors (Lipinski definition) is 0. The third-order valence-electron chi connectivity index (χ3n) is 12.1. The molecule has 0 spiro atoms. The summed E-state index contributed by atoms with van der Waals surface area (Å²) in [6.45, 7) is 0. The normalized spacial score (nSPS) is 12.1. The van der Waals surface area contributed by atoms with Crippen molar-refractivity contribution in [2.24, 2.45) is 0 Å². The minimum Gasteiger partial charge on any atom is -0.455 e. The lowest BCUT2D eigenvalue weighted by molar-refractivity contribution is 0.670. The molecular formula is C54H31N3O. The Hall–Kier alpha value is -7.82. The van der Waals surface area contributed by atoms with Gasteiger partial charge in [0, 0.05) is 54.4 Å². The average molecular weight is 738 g/mol. The van der Waals surface area contributed by atoms with E-state index in [9.17, 15) is 0 Å². The number of para-hydroxylation sites is 2.